The van der Waals surface area contributed by atoms with E-state index < -0.39 is 11.9 Å². The van der Waals surface area contributed by atoms with Gasteiger partial charge in [0, 0.05) is 19.7 Å². The number of aryl methyl sites for hydroxylation is 1. The molecule has 0 radical (unpaired) electrons. The van der Waals surface area contributed by atoms with Gasteiger partial charge in [-0.3, -0.25) is 4.68 Å². The fourth-order valence-electron chi connectivity index (χ4n) is 1.43. The summed E-state index contributed by atoms with van der Waals surface area (Å²) in [7, 11) is 1.66. The maximum Gasteiger partial charge on any atom is 0.433 e. The molecule has 20 heavy (non-hydrogen) atoms. The van der Waals surface area contributed by atoms with E-state index in [-0.39, 0.29) is 11.8 Å². The third kappa shape index (κ3) is 3.37. The molecule has 0 bridgehead atoms. The van der Waals surface area contributed by atoms with Crippen molar-refractivity contribution in [3.8, 4) is 11.6 Å². The number of alkyl halides is 3. The summed E-state index contributed by atoms with van der Waals surface area (Å²) in [4.78, 5) is 7.25. The minimum Gasteiger partial charge on any atom is -0.436 e. The number of hydrogen-bond donors (Lipinski definition) is 1. The molecule has 0 aliphatic carbocycles. The molecule has 0 aliphatic rings. The molecule has 0 amide bonds. The van der Waals surface area contributed by atoms with E-state index in [1.807, 2.05) is 0 Å². The quantitative estimate of drug-likeness (QED) is 0.935. The summed E-state index contributed by atoms with van der Waals surface area (Å²) in [6.07, 6.45) is -1.68. The van der Waals surface area contributed by atoms with Crippen LogP contribution in [0.5, 0.6) is 11.6 Å². The van der Waals surface area contributed by atoms with Gasteiger partial charge in [0.2, 0.25) is 11.8 Å². The van der Waals surface area contributed by atoms with Gasteiger partial charge in [0.1, 0.15) is 0 Å². The normalized spacial score (nSPS) is 11.4. The van der Waals surface area contributed by atoms with Crippen LogP contribution in [-0.2, 0) is 13.2 Å². The van der Waals surface area contributed by atoms with Gasteiger partial charge in [-0.05, 0) is 6.92 Å². The predicted octanol–water partition coefficient (Wildman–Crippen LogP) is 2.45. The first-order valence-corrected chi connectivity index (χ1v) is 5.75. The second-order valence-electron chi connectivity index (χ2n) is 3.89. The fourth-order valence-corrected chi connectivity index (χ4v) is 1.43. The topological polar surface area (TPSA) is 64.9 Å². The molecule has 2 heterocycles. The third-order valence-electron chi connectivity index (χ3n) is 2.23. The van der Waals surface area contributed by atoms with Crippen molar-refractivity contribution in [1.29, 1.82) is 0 Å². The molecular formula is C11H12F3N5O. The van der Waals surface area contributed by atoms with Gasteiger partial charge in [0.05, 0.1) is 12.4 Å². The Hall–Kier alpha value is -2.32. The van der Waals surface area contributed by atoms with Crippen LogP contribution in [0.1, 0.15) is 12.6 Å². The number of nitrogens with one attached hydrogen (secondary N) is 1. The highest BCUT2D eigenvalue weighted by molar-refractivity contribution is 5.33. The van der Waals surface area contributed by atoms with Crippen molar-refractivity contribution in [2.45, 2.75) is 13.1 Å². The minimum atomic E-state index is -4.57. The van der Waals surface area contributed by atoms with E-state index in [1.165, 1.54) is 17.1 Å². The third-order valence-corrected chi connectivity index (χ3v) is 2.23. The van der Waals surface area contributed by atoms with Crippen molar-refractivity contribution in [1.82, 2.24) is 19.7 Å². The van der Waals surface area contributed by atoms with Crippen LogP contribution < -0.4 is 10.1 Å². The van der Waals surface area contributed by atoms with Crippen molar-refractivity contribution in [2.24, 2.45) is 7.05 Å². The smallest absolute Gasteiger partial charge is 0.433 e. The van der Waals surface area contributed by atoms with Crippen molar-refractivity contribution < 1.29 is 17.9 Å². The first-order valence-electron chi connectivity index (χ1n) is 5.75. The SMILES string of the molecule is CCNc1nc(Oc2cnn(C)c2)cc(C(F)(F)F)n1. The predicted molar refractivity (Wildman–Crippen MR) is 64.5 cm³/mol. The zero-order valence-corrected chi connectivity index (χ0v) is 10.8. The molecule has 1 N–H and O–H groups in total. The molecule has 0 unspecified atom stereocenters. The Morgan fingerprint density at radius 3 is 2.65 bits per heavy atom. The highest BCUT2D eigenvalue weighted by Crippen LogP contribution is 2.31. The fraction of sp³-hybridized carbons (Fsp3) is 0.364. The van der Waals surface area contributed by atoms with Crippen LogP contribution >= 0.6 is 0 Å². The molecule has 0 saturated heterocycles. The molecule has 0 spiro atoms. The van der Waals surface area contributed by atoms with E-state index in [2.05, 4.69) is 20.4 Å². The summed E-state index contributed by atoms with van der Waals surface area (Å²) in [6.45, 7) is 2.12. The second kappa shape index (κ2) is 5.35. The maximum absolute atomic E-state index is 12.7. The van der Waals surface area contributed by atoms with E-state index in [0.29, 0.717) is 12.3 Å². The average molecular weight is 287 g/mol. The largest absolute Gasteiger partial charge is 0.436 e. The van der Waals surface area contributed by atoms with Gasteiger partial charge in [-0.1, -0.05) is 0 Å². The Balaban J connectivity index is 2.33. The van der Waals surface area contributed by atoms with E-state index >= 15 is 0 Å². The number of rotatable bonds is 4. The molecule has 2 aromatic rings. The summed E-state index contributed by atoms with van der Waals surface area (Å²) in [5.41, 5.74) is -1.07. The monoisotopic (exact) mass is 287 g/mol. The molecule has 0 aromatic carbocycles. The van der Waals surface area contributed by atoms with E-state index in [9.17, 15) is 13.2 Å². The van der Waals surface area contributed by atoms with Crippen LogP contribution in [0.15, 0.2) is 18.5 Å². The highest BCUT2D eigenvalue weighted by Gasteiger charge is 2.34. The molecule has 6 nitrogen and oxygen atoms in total. The second-order valence-corrected chi connectivity index (χ2v) is 3.89. The minimum absolute atomic E-state index is 0.138. The molecule has 0 saturated carbocycles. The van der Waals surface area contributed by atoms with Gasteiger partial charge in [0.15, 0.2) is 11.4 Å². The molecule has 0 aliphatic heterocycles. The number of ether oxygens (including phenoxy) is 1. The molecule has 2 aromatic heterocycles. The van der Waals surface area contributed by atoms with E-state index in [0.717, 1.165) is 6.07 Å². The lowest BCUT2D eigenvalue weighted by molar-refractivity contribution is -0.141. The summed E-state index contributed by atoms with van der Waals surface area (Å²) >= 11 is 0. The summed E-state index contributed by atoms with van der Waals surface area (Å²) in [6, 6.07) is 0.744. The van der Waals surface area contributed by atoms with Crippen LogP contribution in [0.4, 0.5) is 19.1 Å². The number of nitrogens with zero attached hydrogens (tertiary/aromatic N) is 4. The number of hydrogen-bond acceptors (Lipinski definition) is 5. The Morgan fingerprint density at radius 2 is 2.10 bits per heavy atom. The molecule has 0 atom stereocenters. The first-order chi connectivity index (χ1) is 9.38. The van der Waals surface area contributed by atoms with Crippen LogP contribution in [0.3, 0.4) is 0 Å². The molecule has 108 valence electrons. The van der Waals surface area contributed by atoms with Gasteiger partial charge in [0.25, 0.3) is 0 Å². The Labute approximate surface area is 112 Å². The number of aromatic nitrogens is 4. The van der Waals surface area contributed by atoms with Crippen molar-refractivity contribution in [2.75, 3.05) is 11.9 Å². The van der Waals surface area contributed by atoms with E-state index in [4.69, 9.17) is 4.74 Å². The molecule has 0 fully saturated rings. The lowest BCUT2D eigenvalue weighted by Crippen LogP contribution is -2.12. The van der Waals surface area contributed by atoms with Gasteiger partial charge in [-0.15, -0.1) is 0 Å². The van der Waals surface area contributed by atoms with Gasteiger partial charge in [-0.2, -0.15) is 23.3 Å². The molecule has 2 rings (SSSR count). The van der Waals surface area contributed by atoms with Crippen LogP contribution in [0.25, 0.3) is 0 Å². The van der Waals surface area contributed by atoms with Crippen molar-refractivity contribution in [3.63, 3.8) is 0 Å². The van der Waals surface area contributed by atoms with Gasteiger partial charge >= 0.3 is 6.18 Å². The lowest BCUT2D eigenvalue weighted by atomic mass is 10.4. The molecule has 9 heteroatoms. The van der Waals surface area contributed by atoms with Gasteiger partial charge in [-0.25, -0.2) is 4.98 Å². The first kappa shape index (κ1) is 14.1. The highest BCUT2D eigenvalue weighted by atomic mass is 19.4. The maximum atomic E-state index is 12.7. The number of halogens is 3. The van der Waals surface area contributed by atoms with Crippen molar-refractivity contribution in [3.05, 3.63) is 24.2 Å². The van der Waals surface area contributed by atoms with Crippen molar-refractivity contribution >= 4 is 5.95 Å². The summed E-state index contributed by atoms with van der Waals surface area (Å²) in [5.74, 6) is -0.0423. The summed E-state index contributed by atoms with van der Waals surface area (Å²) in [5, 5.41) is 6.48. The number of anilines is 1. The lowest BCUT2D eigenvalue weighted by Gasteiger charge is -2.10. The van der Waals surface area contributed by atoms with E-state index in [1.54, 1.807) is 14.0 Å². The Bertz CT molecular complexity index is 596. The summed E-state index contributed by atoms with van der Waals surface area (Å²) < 4.78 is 44.9. The Morgan fingerprint density at radius 1 is 1.35 bits per heavy atom. The Kier molecular flexibility index (Phi) is 3.77. The zero-order chi connectivity index (χ0) is 14.8. The van der Waals surface area contributed by atoms with Crippen LogP contribution in [0, 0.1) is 0 Å². The standard InChI is InChI=1S/C11H12F3N5O/c1-3-15-10-17-8(11(12,13)14)4-9(18-10)20-7-5-16-19(2)6-7/h4-6H,3H2,1-2H3,(H,15,17,18). The average Bonchev–Trinajstić information content (AvgIpc) is 2.74. The van der Waals surface area contributed by atoms with Gasteiger partial charge < -0.3 is 10.1 Å². The molecular weight excluding hydrogens is 275 g/mol. The van der Waals surface area contributed by atoms with Crippen LogP contribution in [0.2, 0.25) is 0 Å². The zero-order valence-electron chi connectivity index (χ0n) is 10.8. The van der Waals surface area contributed by atoms with Crippen LogP contribution in [-0.4, -0.2) is 26.3 Å².